The molecule has 3 aliphatic rings. The number of ketones is 3. The van der Waals surface area contributed by atoms with Gasteiger partial charge in [-0.1, -0.05) is 11.8 Å². The molecule has 8 heteroatoms. The van der Waals surface area contributed by atoms with Crippen LogP contribution in [0.4, 0.5) is 0 Å². The molecule has 0 radical (unpaired) electrons. The molecule has 4 N–H and O–H groups in total. The zero-order chi connectivity index (χ0) is 26.7. The maximum atomic E-state index is 13.9. The van der Waals surface area contributed by atoms with E-state index in [0.717, 1.165) is 6.92 Å². The van der Waals surface area contributed by atoms with Gasteiger partial charge < -0.3 is 20.4 Å². The van der Waals surface area contributed by atoms with Crippen molar-refractivity contribution in [3.63, 3.8) is 0 Å². The Bertz CT molecular complexity index is 1420. The van der Waals surface area contributed by atoms with Crippen molar-refractivity contribution in [1.82, 2.24) is 4.90 Å². The fourth-order valence-corrected chi connectivity index (χ4v) is 5.89. The second-order valence-corrected chi connectivity index (χ2v) is 9.58. The summed E-state index contributed by atoms with van der Waals surface area (Å²) in [5.41, 5.74) is -2.11. The average Bonchev–Trinajstić information content (AvgIpc) is 2.79. The number of aliphatic hydroxyl groups is 3. The summed E-state index contributed by atoms with van der Waals surface area (Å²) in [5, 5.41) is 44.9. The van der Waals surface area contributed by atoms with Crippen LogP contribution in [0.2, 0.25) is 0 Å². The van der Waals surface area contributed by atoms with Gasteiger partial charge in [0.1, 0.15) is 22.8 Å². The number of hydrogen-bond acceptors (Lipinski definition) is 8. The van der Waals surface area contributed by atoms with Crippen molar-refractivity contribution in [2.75, 3.05) is 14.1 Å². The van der Waals surface area contributed by atoms with Crippen LogP contribution in [-0.4, -0.2) is 68.4 Å². The van der Waals surface area contributed by atoms with Gasteiger partial charge in [-0.05, 0) is 65.3 Å². The number of likely N-dealkylation sites (N-methyl/N-ethyl adjacent to an activating group) is 1. The number of Topliss-reactive ketones (excluding diaryl/α,β-unsaturated/α-hetero) is 3. The summed E-state index contributed by atoms with van der Waals surface area (Å²) < 4.78 is 0. The van der Waals surface area contributed by atoms with E-state index in [4.69, 9.17) is 0 Å². The molecule has 36 heavy (non-hydrogen) atoms. The van der Waals surface area contributed by atoms with Crippen molar-refractivity contribution in [2.24, 2.45) is 11.8 Å². The number of carbonyl (C=O) groups is 3. The molecule has 0 heterocycles. The molecule has 4 rings (SSSR count). The summed E-state index contributed by atoms with van der Waals surface area (Å²) >= 11 is 0. The highest BCUT2D eigenvalue weighted by Crippen LogP contribution is 2.53. The van der Waals surface area contributed by atoms with E-state index in [2.05, 4.69) is 23.7 Å². The Hall–Kier alpha value is -3.85. The minimum Gasteiger partial charge on any atom is -0.508 e. The fourth-order valence-electron chi connectivity index (χ4n) is 5.89. The highest BCUT2D eigenvalue weighted by Gasteiger charge is 2.64. The lowest BCUT2D eigenvalue weighted by molar-refractivity contribution is -0.153. The fraction of sp³-hybridized carbons (Fsp3) is 0.393. The van der Waals surface area contributed by atoms with E-state index in [9.17, 15) is 34.8 Å². The third kappa shape index (κ3) is 3.30. The molecule has 0 unspecified atom stereocenters. The molecule has 0 aromatic heterocycles. The van der Waals surface area contributed by atoms with Crippen molar-refractivity contribution < 1.29 is 34.8 Å². The quantitative estimate of drug-likeness (QED) is 0.365. The van der Waals surface area contributed by atoms with Gasteiger partial charge in [-0.2, -0.15) is 0 Å². The molecule has 1 aromatic rings. The SMILES string of the molecule is CC#Cc1cc(C#CC)c2c(c1O)C(O)=C1C(=O)[C@]3(O)C(O)=C(C(C)=O)C(=O)[C@@H](N(C)C)[C@@H]3C[C@@H]1C2. The first kappa shape index (κ1) is 25.2. The van der Waals surface area contributed by atoms with E-state index in [1.807, 2.05) is 0 Å². The molecule has 0 amide bonds. The van der Waals surface area contributed by atoms with E-state index in [-0.39, 0.29) is 35.3 Å². The van der Waals surface area contributed by atoms with E-state index < -0.39 is 57.9 Å². The van der Waals surface area contributed by atoms with E-state index in [0.29, 0.717) is 11.1 Å². The molecule has 186 valence electrons. The molecular weight excluding hydrogens is 462 g/mol. The van der Waals surface area contributed by atoms with Gasteiger partial charge in [0.2, 0.25) is 5.78 Å². The zero-order valence-corrected chi connectivity index (χ0v) is 20.7. The van der Waals surface area contributed by atoms with Gasteiger partial charge in [0.15, 0.2) is 17.2 Å². The standard InChI is InChI=1S/C28H27NO7/c1-6-8-14-10-15(9-7-2)23(31)21-17(14)11-16-12-18-22(29(4)5)25(33)19(13(3)30)26(34)28(18,36)27(35)20(16)24(21)32/h10,16,18,22,31-32,34,36H,11-12H2,1-5H3/t16-,18-,22-,28+/m0/s1. The second-order valence-electron chi connectivity index (χ2n) is 9.58. The van der Waals surface area contributed by atoms with Crippen LogP contribution in [0.25, 0.3) is 5.76 Å². The molecule has 4 atom stereocenters. The molecule has 0 saturated heterocycles. The van der Waals surface area contributed by atoms with Crippen molar-refractivity contribution in [3.05, 3.63) is 45.2 Å². The van der Waals surface area contributed by atoms with E-state index in [1.54, 1.807) is 34.0 Å². The number of aliphatic hydroxyl groups excluding tert-OH is 2. The van der Waals surface area contributed by atoms with Crippen LogP contribution >= 0.6 is 0 Å². The van der Waals surface area contributed by atoms with Gasteiger partial charge in [-0.15, -0.1) is 11.8 Å². The lowest BCUT2D eigenvalue weighted by Crippen LogP contribution is -2.65. The normalized spacial score (nSPS) is 26.9. The number of rotatable bonds is 2. The van der Waals surface area contributed by atoms with Crippen molar-refractivity contribution in [3.8, 4) is 29.4 Å². The predicted octanol–water partition coefficient (Wildman–Crippen LogP) is 1.81. The van der Waals surface area contributed by atoms with E-state index >= 15 is 0 Å². The predicted molar refractivity (Wildman–Crippen MR) is 131 cm³/mol. The molecule has 1 saturated carbocycles. The van der Waals surface area contributed by atoms with Gasteiger partial charge in [0.05, 0.1) is 17.2 Å². The van der Waals surface area contributed by atoms with Gasteiger partial charge in [-0.25, -0.2) is 0 Å². The zero-order valence-electron chi connectivity index (χ0n) is 20.7. The van der Waals surface area contributed by atoms with Crippen molar-refractivity contribution >= 4 is 23.1 Å². The number of phenolic OH excluding ortho intramolecular Hbond substituents is 1. The Morgan fingerprint density at radius 2 is 1.69 bits per heavy atom. The Balaban J connectivity index is 2.03. The Morgan fingerprint density at radius 1 is 1.08 bits per heavy atom. The van der Waals surface area contributed by atoms with Crippen LogP contribution in [-0.2, 0) is 20.8 Å². The Kier molecular flexibility index (Phi) is 6.08. The highest BCUT2D eigenvalue weighted by atomic mass is 16.3. The van der Waals surface area contributed by atoms with Gasteiger partial charge in [0, 0.05) is 17.1 Å². The topological polar surface area (TPSA) is 135 Å². The summed E-state index contributed by atoms with van der Waals surface area (Å²) in [5.74, 6) is 5.24. The highest BCUT2D eigenvalue weighted by molar-refractivity contribution is 6.25. The monoisotopic (exact) mass is 489 g/mol. The largest absolute Gasteiger partial charge is 0.508 e. The first-order valence-electron chi connectivity index (χ1n) is 11.5. The van der Waals surface area contributed by atoms with E-state index in [1.165, 1.54) is 4.90 Å². The molecule has 0 spiro atoms. The molecular formula is C28H27NO7. The number of phenols is 1. The second kappa shape index (κ2) is 8.67. The molecule has 0 aliphatic heterocycles. The molecule has 0 bridgehead atoms. The van der Waals surface area contributed by atoms with Crippen LogP contribution in [0.3, 0.4) is 0 Å². The molecule has 3 aliphatic carbocycles. The number of nitrogens with zero attached hydrogens (tertiary/aromatic N) is 1. The maximum absolute atomic E-state index is 13.9. The van der Waals surface area contributed by atoms with Crippen LogP contribution < -0.4 is 0 Å². The summed E-state index contributed by atoms with van der Waals surface area (Å²) in [6.45, 7) is 4.32. The first-order chi connectivity index (χ1) is 16.9. The molecule has 1 fully saturated rings. The Morgan fingerprint density at radius 3 is 2.25 bits per heavy atom. The van der Waals surface area contributed by atoms with Crippen LogP contribution in [0.5, 0.6) is 5.75 Å². The summed E-state index contributed by atoms with van der Waals surface area (Å²) in [6.07, 6.45) is 0.254. The van der Waals surface area contributed by atoms with Gasteiger partial charge in [-0.3, -0.25) is 19.3 Å². The number of hydrogen-bond donors (Lipinski definition) is 4. The van der Waals surface area contributed by atoms with Crippen LogP contribution in [0.1, 0.15) is 49.4 Å². The minimum absolute atomic E-state index is 0.000885. The smallest absolute Gasteiger partial charge is 0.202 e. The summed E-state index contributed by atoms with van der Waals surface area (Å²) in [4.78, 5) is 40.9. The third-order valence-corrected chi connectivity index (χ3v) is 7.35. The number of aromatic hydroxyl groups is 1. The van der Waals surface area contributed by atoms with Gasteiger partial charge in [0.25, 0.3) is 0 Å². The average molecular weight is 490 g/mol. The molecule has 8 nitrogen and oxygen atoms in total. The maximum Gasteiger partial charge on any atom is 0.202 e. The number of benzene rings is 1. The Labute approximate surface area is 208 Å². The third-order valence-electron chi connectivity index (χ3n) is 7.35. The van der Waals surface area contributed by atoms with Crippen LogP contribution in [0, 0.1) is 35.5 Å². The van der Waals surface area contributed by atoms with Crippen molar-refractivity contribution in [2.45, 2.75) is 45.3 Å². The van der Waals surface area contributed by atoms with Crippen molar-refractivity contribution in [1.29, 1.82) is 0 Å². The van der Waals surface area contributed by atoms with Gasteiger partial charge >= 0.3 is 0 Å². The number of carbonyl (C=O) groups excluding carboxylic acids is 3. The van der Waals surface area contributed by atoms with Crippen LogP contribution in [0.15, 0.2) is 23.0 Å². The summed E-state index contributed by atoms with van der Waals surface area (Å²) in [7, 11) is 3.19. The summed E-state index contributed by atoms with van der Waals surface area (Å²) in [6, 6.07) is 0.574. The minimum atomic E-state index is -2.59. The first-order valence-corrected chi connectivity index (χ1v) is 11.5. The molecule has 1 aromatic carbocycles. The lowest BCUT2D eigenvalue weighted by Gasteiger charge is -2.50. The lowest BCUT2D eigenvalue weighted by atomic mass is 9.57. The number of fused-ring (bicyclic) bond motifs is 3.